The van der Waals surface area contributed by atoms with Gasteiger partial charge in [0.25, 0.3) is 0 Å². The molecule has 0 radical (unpaired) electrons. The molecule has 92 valence electrons. The number of aromatic nitrogens is 1. The van der Waals surface area contributed by atoms with Gasteiger partial charge in [-0.1, -0.05) is 0 Å². The molecular formula is C13H17BrN2O. The summed E-state index contributed by atoms with van der Waals surface area (Å²) in [7, 11) is 0. The van der Waals surface area contributed by atoms with Crippen LogP contribution < -0.4 is 4.90 Å². The average Bonchev–Trinajstić information content (AvgIpc) is 2.33. The zero-order chi connectivity index (χ0) is 12.4. The maximum atomic E-state index is 11.5. The Kier molecular flexibility index (Phi) is 3.82. The van der Waals surface area contributed by atoms with Crippen molar-refractivity contribution in [3.63, 3.8) is 0 Å². The van der Waals surface area contributed by atoms with Gasteiger partial charge in [-0.3, -0.25) is 4.79 Å². The number of halogens is 1. The zero-order valence-corrected chi connectivity index (χ0v) is 11.8. The predicted octanol–water partition coefficient (Wildman–Crippen LogP) is 2.96. The third kappa shape index (κ3) is 2.68. The number of pyridine rings is 1. The topological polar surface area (TPSA) is 33.2 Å². The molecule has 0 amide bonds. The van der Waals surface area contributed by atoms with E-state index in [1.54, 1.807) is 6.92 Å². The standard InChI is InChI=1S/C13H17BrN2O/c1-9-5-6-15-13(12(9)14)16-7-3-4-11(8-16)10(2)17/h5-6,11H,3-4,7-8H2,1-2H3. The SMILES string of the molecule is CC(=O)C1CCCN(c2nccc(C)c2Br)C1. The molecular weight excluding hydrogens is 280 g/mol. The Morgan fingerprint density at radius 2 is 2.35 bits per heavy atom. The molecule has 2 rings (SSSR count). The van der Waals surface area contributed by atoms with E-state index in [-0.39, 0.29) is 5.92 Å². The number of hydrogen-bond acceptors (Lipinski definition) is 3. The van der Waals surface area contributed by atoms with Gasteiger partial charge in [0.15, 0.2) is 0 Å². The number of aryl methyl sites for hydroxylation is 1. The lowest BCUT2D eigenvalue weighted by atomic mass is 9.94. The van der Waals surface area contributed by atoms with Gasteiger partial charge in [-0.15, -0.1) is 0 Å². The van der Waals surface area contributed by atoms with Crippen molar-refractivity contribution in [2.75, 3.05) is 18.0 Å². The van der Waals surface area contributed by atoms with Crippen molar-refractivity contribution < 1.29 is 4.79 Å². The Labute approximate surface area is 110 Å². The van der Waals surface area contributed by atoms with E-state index in [9.17, 15) is 4.79 Å². The minimum atomic E-state index is 0.165. The molecule has 0 aromatic carbocycles. The van der Waals surface area contributed by atoms with E-state index < -0.39 is 0 Å². The van der Waals surface area contributed by atoms with Crippen molar-refractivity contribution >= 4 is 27.5 Å². The number of anilines is 1. The van der Waals surface area contributed by atoms with E-state index >= 15 is 0 Å². The minimum Gasteiger partial charge on any atom is -0.355 e. The van der Waals surface area contributed by atoms with Gasteiger partial charge in [0.1, 0.15) is 11.6 Å². The van der Waals surface area contributed by atoms with Crippen LogP contribution in [0.3, 0.4) is 0 Å². The number of carbonyl (C=O) groups is 1. The third-order valence-corrected chi connectivity index (χ3v) is 4.34. The van der Waals surface area contributed by atoms with Gasteiger partial charge in [-0.25, -0.2) is 4.98 Å². The molecule has 1 atom stereocenters. The van der Waals surface area contributed by atoms with E-state index in [1.165, 1.54) is 5.56 Å². The normalized spacial score (nSPS) is 20.4. The highest BCUT2D eigenvalue weighted by Crippen LogP contribution is 2.30. The molecule has 1 aromatic rings. The van der Waals surface area contributed by atoms with Crippen LogP contribution in [0.15, 0.2) is 16.7 Å². The molecule has 3 nitrogen and oxygen atoms in total. The first-order valence-electron chi connectivity index (χ1n) is 5.96. The molecule has 0 bridgehead atoms. The molecule has 0 saturated carbocycles. The number of ketones is 1. The van der Waals surface area contributed by atoms with Crippen LogP contribution >= 0.6 is 15.9 Å². The fraction of sp³-hybridized carbons (Fsp3) is 0.538. The van der Waals surface area contributed by atoms with E-state index in [1.807, 2.05) is 12.3 Å². The molecule has 0 aliphatic carbocycles. The zero-order valence-electron chi connectivity index (χ0n) is 10.2. The quantitative estimate of drug-likeness (QED) is 0.841. The highest BCUT2D eigenvalue weighted by Gasteiger charge is 2.25. The summed E-state index contributed by atoms with van der Waals surface area (Å²) < 4.78 is 1.05. The summed E-state index contributed by atoms with van der Waals surface area (Å²) in [5, 5.41) is 0. The Hall–Kier alpha value is -0.900. The van der Waals surface area contributed by atoms with Crippen LogP contribution in [0.1, 0.15) is 25.3 Å². The molecule has 4 heteroatoms. The monoisotopic (exact) mass is 296 g/mol. The summed E-state index contributed by atoms with van der Waals surface area (Å²) in [5.74, 6) is 1.42. The largest absolute Gasteiger partial charge is 0.355 e. The van der Waals surface area contributed by atoms with E-state index in [0.29, 0.717) is 5.78 Å². The van der Waals surface area contributed by atoms with Gasteiger partial charge in [-0.2, -0.15) is 0 Å². The summed E-state index contributed by atoms with van der Waals surface area (Å²) in [6.07, 6.45) is 3.90. The van der Waals surface area contributed by atoms with Crippen molar-refractivity contribution in [1.29, 1.82) is 0 Å². The average molecular weight is 297 g/mol. The van der Waals surface area contributed by atoms with Crippen LogP contribution in [-0.2, 0) is 4.79 Å². The van der Waals surface area contributed by atoms with Crippen LogP contribution in [0, 0.1) is 12.8 Å². The first-order valence-corrected chi connectivity index (χ1v) is 6.75. The molecule has 0 N–H and O–H groups in total. The second kappa shape index (κ2) is 5.17. The summed E-state index contributed by atoms with van der Waals surface area (Å²) in [6, 6.07) is 1.99. The Morgan fingerprint density at radius 3 is 3.06 bits per heavy atom. The molecule has 1 unspecified atom stereocenters. The van der Waals surface area contributed by atoms with Crippen LogP contribution in [0.4, 0.5) is 5.82 Å². The molecule has 2 heterocycles. The van der Waals surface area contributed by atoms with Gasteiger partial charge in [0.2, 0.25) is 0 Å². The number of rotatable bonds is 2. The Balaban J connectivity index is 2.22. The van der Waals surface area contributed by atoms with Crippen LogP contribution in [-0.4, -0.2) is 23.9 Å². The van der Waals surface area contributed by atoms with E-state index in [0.717, 1.165) is 36.2 Å². The molecule has 0 spiro atoms. The van der Waals surface area contributed by atoms with E-state index in [4.69, 9.17) is 0 Å². The van der Waals surface area contributed by atoms with Gasteiger partial charge in [-0.05, 0) is 54.2 Å². The lowest BCUT2D eigenvalue weighted by Crippen LogP contribution is -2.38. The fourth-order valence-corrected chi connectivity index (χ4v) is 2.73. The predicted molar refractivity (Wildman–Crippen MR) is 72.3 cm³/mol. The molecule has 1 aromatic heterocycles. The maximum Gasteiger partial charge on any atom is 0.143 e. The number of nitrogens with zero attached hydrogens (tertiary/aromatic N) is 2. The Bertz CT molecular complexity index is 433. The van der Waals surface area contributed by atoms with Gasteiger partial charge in [0.05, 0.1) is 4.47 Å². The first-order chi connectivity index (χ1) is 8.09. The highest BCUT2D eigenvalue weighted by atomic mass is 79.9. The third-order valence-electron chi connectivity index (χ3n) is 3.36. The summed E-state index contributed by atoms with van der Waals surface area (Å²) >= 11 is 3.58. The number of Topliss-reactive ketones (excluding diaryl/α,β-unsaturated/α-hetero) is 1. The smallest absolute Gasteiger partial charge is 0.143 e. The number of carbonyl (C=O) groups excluding carboxylic acids is 1. The molecule has 1 aliphatic rings. The lowest BCUT2D eigenvalue weighted by Gasteiger charge is -2.33. The van der Waals surface area contributed by atoms with Crippen LogP contribution in [0.25, 0.3) is 0 Å². The Morgan fingerprint density at radius 1 is 1.59 bits per heavy atom. The van der Waals surface area contributed by atoms with E-state index in [2.05, 4.69) is 32.7 Å². The van der Waals surface area contributed by atoms with Crippen LogP contribution in [0.5, 0.6) is 0 Å². The van der Waals surface area contributed by atoms with Crippen LogP contribution in [0.2, 0.25) is 0 Å². The van der Waals surface area contributed by atoms with Gasteiger partial charge in [0, 0.05) is 25.2 Å². The lowest BCUT2D eigenvalue weighted by molar-refractivity contribution is -0.120. The van der Waals surface area contributed by atoms with Crippen molar-refractivity contribution in [2.24, 2.45) is 5.92 Å². The summed E-state index contributed by atoms with van der Waals surface area (Å²) in [5.41, 5.74) is 1.18. The van der Waals surface area contributed by atoms with Crippen molar-refractivity contribution in [2.45, 2.75) is 26.7 Å². The highest BCUT2D eigenvalue weighted by molar-refractivity contribution is 9.10. The second-order valence-electron chi connectivity index (χ2n) is 4.66. The minimum absolute atomic E-state index is 0.165. The van der Waals surface area contributed by atoms with Crippen molar-refractivity contribution in [3.05, 3.63) is 22.3 Å². The van der Waals surface area contributed by atoms with Gasteiger partial charge >= 0.3 is 0 Å². The fourth-order valence-electron chi connectivity index (χ4n) is 2.25. The van der Waals surface area contributed by atoms with Crippen molar-refractivity contribution in [3.8, 4) is 0 Å². The molecule has 17 heavy (non-hydrogen) atoms. The number of piperidine rings is 1. The molecule has 1 aliphatic heterocycles. The second-order valence-corrected chi connectivity index (χ2v) is 5.45. The summed E-state index contributed by atoms with van der Waals surface area (Å²) in [4.78, 5) is 18.1. The number of hydrogen-bond donors (Lipinski definition) is 0. The van der Waals surface area contributed by atoms with Gasteiger partial charge < -0.3 is 4.90 Å². The van der Waals surface area contributed by atoms with Crippen molar-refractivity contribution in [1.82, 2.24) is 4.98 Å². The maximum absolute atomic E-state index is 11.5. The first kappa shape index (κ1) is 12.6. The molecule has 1 fully saturated rings. The molecule has 1 saturated heterocycles. The summed E-state index contributed by atoms with van der Waals surface area (Å²) in [6.45, 7) is 5.53.